The molecule has 40 heteroatoms. The van der Waals surface area contributed by atoms with Gasteiger partial charge in [-0.15, -0.1) is 12.4 Å². The van der Waals surface area contributed by atoms with Crippen molar-refractivity contribution >= 4 is 143 Å². The van der Waals surface area contributed by atoms with E-state index in [0.717, 1.165) is 98.3 Å². The molecule has 1 aliphatic heterocycles. The molecule has 3 saturated carbocycles. The lowest BCUT2D eigenvalue weighted by molar-refractivity contribution is -0.157. The Kier molecular flexibility index (Phi) is 44.0. The number of aryl methyl sites for hydroxylation is 5. The van der Waals surface area contributed by atoms with Crippen molar-refractivity contribution in [3.05, 3.63) is 199 Å². The van der Waals surface area contributed by atoms with E-state index < -0.39 is 67.7 Å². The van der Waals surface area contributed by atoms with Gasteiger partial charge in [0.25, 0.3) is 39.6 Å². The van der Waals surface area contributed by atoms with E-state index in [2.05, 4.69) is 99.3 Å². The second kappa shape index (κ2) is 51.7. The molecule has 672 valence electrons. The van der Waals surface area contributed by atoms with Crippen LogP contribution < -0.4 is 49.1 Å². The fourth-order valence-electron chi connectivity index (χ4n) is 13.9. The summed E-state index contributed by atoms with van der Waals surface area (Å²) in [6, 6.07) is 16.7. The summed E-state index contributed by atoms with van der Waals surface area (Å²) < 4.78 is 44.2. The van der Waals surface area contributed by atoms with Crippen molar-refractivity contribution in [2.24, 2.45) is 5.92 Å². The number of ether oxygens (including phenoxy) is 3. The number of anilines is 3. The second-order valence-corrected chi connectivity index (χ2v) is 32.6. The van der Waals surface area contributed by atoms with Crippen LogP contribution in [0.15, 0.2) is 109 Å². The first kappa shape index (κ1) is 104. The van der Waals surface area contributed by atoms with Gasteiger partial charge >= 0.3 is 17.9 Å². The summed E-state index contributed by atoms with van der Waals surface area (Å²) in [5.41, 5.74) is 9.19. The molecular formula is C82H111Br4ClFN12O21P. The van der Waals surface area contributed by atoms with Crippen molar-refractivity contribution in [2.75, 3.05) is 87.7 Å². The van der Waals surface area contributed by atoms with Crippen LogP contribution in [0, 0.1) is 40.5 Å². The Balaban J connectivity index is 0.000000391. The molecule has 0 saturated heterocycles. The number of nitrogen functional groups attached to an aromatic ring is 1. The Morgan fingerprint density at radius 3 is 1.65 bits per heavy atom. The van der Waals surface area contributed by atoms with E-state index in [1.54, 1.807) is 117 Å². The highest BCUT2D eigenvalue weighted by molar-refractivity contribution is 9.11. The minimum Gasteiger partial charge on any atom is -0.497 e. The van der Waals surface area contributed by atoms with Gasteiger partial charge in [-0.25, -0.2) is 30.4 Å². The summed E-state index contributed by atoms with van der Waals surface area (Å²) in [5, 5.41) is 35.1. The van der Waals surface area contributed by atoms with Gasteiger partial charge in [-0.05, 0) is 242 Å². The molecule has 2 amide bonds. The van der Waals surface area contributed by atoms with Gasteiger partial charge in [0.05, 0.1) is 110 Å². The van der Waals surface area contributed by atoms with Gasteiger partial charge in [-0.1, -0.05) is 69.9 Å². The maximum Gasteiger partial charge on any atom is 0.352 e. The number of nitrogens with two attached hydrogens (primary N) is 1. The fourth-order valence-corrected chi connectivity index (χ4v) is 16.8. The largest absolute Gasteiger partial charge is 0.497 e. The van der Waals surface area contributed by atoms with Crippen molar-refractivity contribution in [3.8, 4) is 5.75 Å². The van der Waals surface area contributed by atoms with Gasteiger partial charge in [0.1, 0.15) is 52.4 Å². The van der Waals surface area contributed by atoms with Crippen LogP contribution in [0.3, 0.4) is 0 Å². The highest BCUT2D eigenvalue weighted by atomic mass is 79.9. The van der Waals surface area contributed by atoms with E-state index in [0.29, 0.717) is 94.8 Å². The first-order chi connectivity index (χ1) is 58.0. The predicted octanol–water partition coefficient (Wildman–Crippen LogP) is 12.8. The number of aromatic amines is 2. The number of benzene rings is 1. The maximum atomic E-state index is 13.9. The number of hydrogen-bond donors (Lipinski definition) is 8. The number of nitrogens with one attached hydrogen (secondary N) is 4. The molecule has 3 fully saturated rings. The molecule has 2 unspecified atom stereocenters. The number of esters is 2. The number of hydrogen-bond acceptors (Lipinski definition) is 25. The summed E-state index contributed by atoms with van der Waals surface area (Å²) in [4.78, 5) is 172. The number of halogens is 6. The number of carboxylic acid groups (broad SMARTS) is 1. The number of hydroxylamine groups is 5. The first-order valence-electron chi connectivity index (χ1n) is 39.5. The van der Waals surface area contributed by atoms with Crippen LogP contribution in [0.2, 0.25) is 0 Å². The van der Waals surface area contributed by atoms with Crippen LogP contribution in [-0.4, -0.2) is 189 Å². The number of aromatic nitrogens is 7. The van der Waals surface area contributed by atoms with Gasteiger partial charge in [-0.3, -0.25) is 80.3 Å². The number of carbonyl (C=O) groups excluding carboxylic acids is 6. The van der Waals surface area contributed by atoms with Gasteiger partial charge in [0.2, 0.25) is 0 Å². The molecule has 0 bridgehead atoms. The van der Waals surface area contributed by atoms with Crippen molar-refractivity contribution in [1.29, 1.82) is 1.28 Å². The minimum atomic E-state index is -1.51. The molecule has 122 heavy (non-hydrogen) atoms. The average Bonchev–Trinajstić information content (AvgIpc) is 1.57. The number of Topliss-reactive ketones (excluding diaryl/α,β-unsaturated/α-hetero) is 2. The smallest absolute Gasteiger partial charge is 0.352 e. The lowest BCUT2D eigenvalue weighted by Crippen LogP contribution is -2.50. The zero-order chi connectivity index (χ0) is 92.6. The third kappa shape index (κ3) is 29.6. The zero-order valence-electron chi connectivity index (χ0n) is 72.9. The Labute approximate surface area is 750 Å². The van der Waals surface area contributed by atoms with Gasteiger partial charge in [0.15, 0.2) is 11.6 Å². The van der Waals surface area contributed by atoms with Crippen molar-refractivity contribution in [1.82, 2.24) is 49.0 Å². The van der Waals surface area contributed by atoms with E-state index in [-0.39, 0.29) is 94.6 Å². The molecule has 1 aromatic carbocycles. The number of H-pyrrole nitrogens is 2. The van der Waals surface area contributed by atoms with E-state index in [4.69, 9.17) is 37.4 Å². The lowest BCUT2D eigenvalue weighted by atomic mass is 9.73. The maximum absolute atomic E-state index is 13.9. The van der Waals surface area contributed by atoms with E-state index in [1.165, 1.54) is 56.0 Å². The second-order valence-electron chi connectivity index (χ2n) is 28.3. The van der Waals surface area contributed by atoms with Crippen LogP contribution >= 0.6 is 84.8 Å². The summed E-state index contributed by atoms with van der Waals surface area (Å²) in [6.07, 6.45) is 14.7. The molecular weight excluding hydrogens is 1890 g/mol. The number of carboxylic acids is 1. The predicted molar refractivity (Wildman–Crippen MR) is 479 cm³/mol. The summed E-state index contributed by atoms with van der Waals surface area (Å²) in [5.74, 6) is -3.42. The number of methoxy groups -OCH3 is 1. The molecule has 2 atom stereocenters. The number of rotatable bonds is 20. The van der Waals surface area contributed by atoms with Crippen LogP contribution in [0.5, 0.6) is 5.75 Å². The molecule has 11 rings (SSSR count). The van der Waals surface area contributed by atoms with Crippen LogP contribution in [-0.2, 0) is 45.7 Å². The Morgan fingerprint density at radius 1 is 0.672 bits per heavy atom. The quantitative estimate of drug-likeness (QED) is 0.0115. The van der Waals surface area contributed by atoms with Gasteiger partial charge < -0.3 is 55.4 Å². The number of pyridine rings is 5. The third-order valence-corrected chi connectivity index (χ3v) is 23.1. The molecule has 7 aromatic rings. The molecule has 3 aliphatic carbocycles. The average molecular weight is 2010 g/mol. The number of ketones is 2. The highest BCUT2D eigenvalue weighted by Crippen LogP contribution is 2.44. The number of alkyl halides is 1. The summed E-state index contributed by atoms with van der Waals surface area (Å²) in [6.45, 7) is 14.3. The number of fused-ring (bicyclic) bond motifs is 2. The van der Waals surface area contributed by atoms with Crippen molar-refractivity contribution < 1.29 is 83.4 Å². The minimum absolute atomic E-state index is 0. The first-order valence-corrected chi connectivity index (χ1v) is 42.8. The van der Waals surface area contributed by atoms with Crippen molar-refractivity contribution in [2.45, 2.75) is 181 Å². The van der Waals surface area contributed by atoms with E-state index >= 15 is 0 Å². The van der Waals surface area contributed by atoms with E-state index in [9.17, 15) is 72.1 Å². The third-order valence-electron chi connectivity index (χ3n) is 20.0. The summed E-state index contributed by atoms with van der Waals surface area (Å²) in [7, 11) is 8.01. The molecule has 4 aliphatic rings. The Bertz CT molecular complexity index is 5120. The zero-order valence-corrected chi connectivity index (χ0v) is 79.0. The highest BCUT2D eigenvalue weighted by Gasteiger charge is 2.50. The molecule has 33 nitrogen and oxygen atoms in total. The fraction of sp³-hybridized carbons (Fsp3) is 0.488. The number of aliphatic hydroxyl groups is 2. The molecule has 6 aromatic heterocycles. The van der Waals surface area contributed by atoms with Crippen LogP contribution in [0.4, 0.5) is 21.7 Å². The molecule has 0 radical (unpaired) electrons. The topological polar surface area (TPSA) is 450 Å². The van der Waals surface area contributed by atoms with Gasteiger partial charge in [-0.2, -0.15) is 0 Å². The monoisotopic (exact) mass is 2000 g/mol. The molecule has 9 N–H and O–H groups in total. The van der Waals surface area contributed by atoms with Crippen molar-refractivity contribution in [3.63, 3.8) is 0 Å². The molecule has 7 heterocycles. The normalized spacial score (nSPS) is 14.8. The number of carbonyl (C=O) groups is 7. The lowest BCUT2D eigenvalue weighted by Gasteiger charge is -2.37. The Morgan fingerprint density at radius 2 is 1.16 bits per heavy atom. The van der Waals surface area contributed by atoms with Crippen LogP contribution in [0.1, 0.15) is 210 Å². The van der Waals surface area contributed by atoms with E-state index in [1.807, 2.05) is 19.1 Å². The number of nitrogens with zero attached hydrogens (tertiary/aromatic N) is 7. The van der Waals surface area contributed by atoms with Crippen LogP contribution in [0.25, 0.3) is 0 Å². The number of aromatic carboxylic acids is 1. The molecule has 1 spiro atoms. The number of amides is 2. The summed E-state index contributed by atoms with van der Waals surface area (Å²) >= 11 is 12.5. The Hall–Kier alpha value is -8.53. The SMILES string of the molecule is CCOC(=O)C(C(=O)c1c(C)cc(Br)c(=O)n1Cc1ccc(OC)cc1)C1(O)CCCCC1.CCOC(=O)CC1(O)CCCCC1.CNOC.CON(C)C(=O)c1[nH]c(=O)c(Br)cc1C.Cc1cc(Br)c(=O)[nH]c1C(=O)O.Cc1cc(Nc2cc(N)ncn2)c(=O)n2c1C(=O)CC21CCCCC1.Cl.[2H]CF.[2H]P(C)n1c(C(=O)N(C)OC)c(C)cc(Br)c1=O. The van der Waals surface area contributed by atoms with Gasteiger partial charge in [0, 0.05) is 33.6 Å². The standard InChI is InChI=1S/C25H30BrNO6.C18H21N5O2.C10H14BrN2O3P.C10H18O3.C9H11BrN2O3.C7H6BrNO3.C2H7NO.CH3F.ClH/c1-4-33-24(30)20(25(31)12-6-5-7-13-25)22(28)21-16(2)14-19(26)23(29)27(21)15-17-8-10-18(32-3)11-9-17;1-11-7-12(22-15-8-14(19)20-10-21-15)17(25)23-16(11)13(24)9-18(23)5-3-2-4-6-18;1-6-5-7(11)9(14)13(17-4)8(6)10(15)12(2)16-3;1-2-13-9(11)8-10(12)6-4-3-5-7-10;1-5-4-6(10)8(13)11-7(5)9(14)12(2)15-3;1-3-2-4(8)6(10)9-5(3)7(11)12;1-3-4-2;1-2;/h8-11,14,20,31H,4-7,12-13,15H2,1-3H3;7-8,10H,2-6,9H2,1H3,(H3,19,20,21,22);5,17H,1-4H3;12H,2-8H2,1H3;4H,1-3H3,(H,11,13);2H,1H3,(H,9,10)(H,11,12);3H,1-2H3;1H3;1H/i;;17D;;;;;1D;.